The Bertz CT molecular complexity index is 612. The van der Waals surface area contributed by atoms with Crippen LogP contribution in [0.5, 0.6) is 11.5 Å². The number of ether oxygens (including phenoxy) is 2. The van der Waals surface area contributed by atoms with Crippen molar-refractivity contribution in [2.45, 2.75) is 12.5 Å². The van der Waals surface area contributed by atoms with Gasteiger partial charge in [-0.05, 0) is 12.1 Å². The second kappa shape index (κ2) is 6.83. The number of rotatable bonds is 5. The number of nitriles is 1. The lowest BCUT2D eigenvalue weighted by Gasteiger charge is -2.14. The van der Waals surface area contributed by atoms with Crippen LogP contribution in [0.15, 0.2) is 42.5 Å². The van der Waals surface area contributed by atoms with Crippen LogP contribution in [-0.4, -0.2) is 7.11 Å². The highest BCUT2D eigenvalue weighted by atomic mass is 35.5. The SMILES string of the molecule is COc1cccc(CCl)c1OCc1ccccc1C#N. The van der Waals surface area contributed by atoms with E-state index < -0.39 is 0 Å². The molecule has 0 aliphatic heterocycles. The van der Waals surface area contributed by atoms with Gasteiger partial charge in [-0.25, -0.2) is 0 Å². The van der Waals surface area contributed by atoms with Crippen LogP contribution in [-0.2, 0) is 12.5 Å². The molecule has 0 bridgehead atoms. The minimum absolute atomic E-state index is 0.300. The van der Waals surface area contributed by atoms with Gasteiger partial charge in [-0.2, -0.15) is 5.26 Å². The number of methoxy groups -OCH3 is 1. The van der Waals surface area contributed by atoms with Crippen molar-refractivity contribution in [3.8, 4) is 17.6 Å². The normalized spacial score (nSPS) is 9.85. The number of para-hydroxylation sites is 1. The van der Waals surface area contributed by atoms with Crippen LogP contribution in [0.4, 0.5) is 0 Å². The molecule has 3 nitrogen and oxygen atoms in total. The highest BCUT2D eigenvalue weighted by Gasteiger charge is 2.11. The van der Waals surface area contributed by atoms with Crippen molar-refractivity contribution >= 4 is 11.6 Å². The number of benzene rings is 2. The van der Waals surface area contributed by atoms with Gasteiger partial charge in [-0.15, -0.1) is 11.6 Å². The highest BCUT2D eigenvalue weighted by molar-refractivity contribution is 6.17. The third kappa shape index (κ3) is 3.04. The molecule has 0 aromatic heterocycles. The summed E-state index contributed by atoms with van der Waals surface area (Å²) in [6.07, 6.45) is 0. The van der Waals surface area contributed by atoms with E-state index in [-0.39, 0.29) is 0 Å². The molecule has 0 aliphatic carbocycles. The quantitative estimate of drug-likeness (QED) is 0.784. The van der Waals surface area contributed by atoms with Crippen LogP contribution in [0.25, 0.3) is 0 Å². The highest BCUT2D eigenvalue weighted by Crippen LogP contribution is 2.32. The molecule has 2 aromatic carbocycles. The molecule has 0 unspecified atom stereocenters. The first-order chi connectivity index (χ1) is 9.80. The van der Waals surface area contributed by atoms with E-state index in [1.165, 1.54) is 0 Å². The minimum Gasteiger partial charge on any atom is -0.493 e. The summed E-state index contributed by atoms with van der Waals surface area (Å²) in [4.78, 5) is 0. The Balaban J connectivity index is 2.25. The second-order valence-electron chi connectivity index (χ2n) is 4.14. The summed E-state index contributed by atoms with van der Waals surface area (Å²) >= 11 is 5.91. The lowest BCUT2D eigenvalue weighted by atomic mass is 10.1. The van der Waals surface area contributed by atoms with Gasteiger partial charge < -0.3 is 9.47 Å². The van der Waals surface area contributed by atoms with Crippen molar-refractivity contribution in [3.05, 3.63) is 59.2 Å². The van der Waals surface area contributed by atoms with Gasteiger partial charge >= 0.3 is 0 Å². The summed E-state index contributed by atoms with van der Waals surface area (Å²) in [5.74, 6) is 1.60. The minimum atomic E-state index is 0.300. The van der Waals surface area contributed by atoms with Crippen LogP contribution < -0.4 is 9.47 Å². The smallest absolute Gasteiger partial charge is 0.166 e. The molecule has 0 saturated carbocycles. The molecule has 0 radical (unpaired) electrons. The molecule has 0 aliphatic rings. The Labute approximate surface area is 123 Å². The van der Waals surface area contributed by atoms with E-state index in [1.54, 1.807) is 13.2 Å². The molecule has 0 saturated heterocycles. The first kappa shape index (κ1) is 14.2. The lowest BCUT2D eigenvalue weighted by molar-refractivity contribution is 0.282. The van der Waals surface area contributed by atoms with Gasteiger partial charge in [0.2, 0.25) is 0 Å². The molecule has 0 amide bonds. The van der Waals surface area contributed by atoms with Crippen LogP contribution in [0.2, 0.25) is 0 Å². The Hall–Kier alpha value is -2.18. The summed E-state index contributed by atoms with van der Waals surface area (Å²) in [7, 11) is 1.59. The van der Waals surface area contributed by atoms with E-state index in [0.717, 1.165) is 11.1 Å². The summed E-state index contributed by atoms with van der Waals surface area (Å²) in [6.45, 7) is 0.300. The Morgan fingerprint density at radius 1 is 1.10 bits per heavy atom. The van der Waals surface area contributed by atoms with Crippen LogP contribution in [0.3, 0.4) is 0 Å². The van der Waals surface area contributed by atoms with E-state index in [0.29, 0.717) is 29.5 Å². The average Bonchev–Trinajstić information content (AvgIpc) is 2.52. The molecule has 0 atom stereocenters. The number of alkyl halides is 1. The zero-order valence-corrected chi connectivity index (χ0v) is 11.9. The van der Waals surface area contributed by atoms with Crippen LogP contribution in [0.1, 0.15) is 16.7 Å². The van der Waals surface area contributed by atoms with Crippen molar-refractivity contribution in [2.75, 3.05) is 7.11 Å². The third-order valence-corrected chi connectivity index (χ3v) is 3.22. The fraction of sp³-hybridized carbons (Fsp3) is 0.188. The monoisotopic (exact) mass is 287 g/mol. The fourth-order valence-corrected chi connectivity index (χ4v) is 2.11. The van der Waals surface area contributed by atoms with Crippen molar-refractivity contribution in [1.82, 2.24) is 0 Å². The predicted molar refractivity (Wildman–Crippen MR) is 78.0 cm³/mol. The van der Waals surface area contributed by atoms with Gasteiger partial charge in [0.05, 0.1) is 24.6 Å². The molecule has 0 N–H and O–H groups in total. The molecular weight excluding hydrogens is 274 g/mol. The first-order valence-electron chi connectivity index (χ1n) is 6.12. The van der Waals surface area contributed by atoms with Crippen LogP contribution >= 0.6 is 11.6 Å². The number of hydrogen-bond donors (Lipinski definition) is 0. The van der Waals surface area contributed by atoms with E-state index in [1.807, 2.05) is 36.4 Å². The third-order valence-electron chi connectivity index (χ3n) is 2.93. The molecule has 4 heteroatoms. The fourth-order valence-electron chi connectivity index (χ4n) is 1.90. The zero-order valence-electron chi connectivity index (χ0n) is 11.1. The van der Waals surface area contributed by atoms with Gasteiger partial charge in [-0.1, -0.05) is 30.3 Å². The Morgan fingerprint density at radius 3 is 2.55 bits per heavy atom. The molecule has 2 aromatic rings. The molecule has 0 heterocycles. The number of halogens is 1. The van der Waals surface area contributed by atoms with Gasteiger partial charge in [-0.3, -0.25) is 0 Å². The van der Waals surface area contributed by atoms with Gasteiger partial charge in [0.1, 0.15) is 6.61 Å². The first-order valence-corrected chi connectivity index (χ1v) is 6.66. The maximum atomic E-state index is 9.07. The molecule has 0 spiro atoms. The average molecular weight is 288 g/mol. The topological polar surface area (TPSA) is 42.2 Å². The summed E-state index contributed by atoms with van der Waals surface area (Å²) in [5.41, 5.74) is 2.30. The van der Waals surface area contributed by atoms with Gasteiger partial charge in [0.15, 0.2) is 11.5 Å². The summed E-state index contributed by atoms with van der Waals surface area (Å²) < 4.78 is 11.1. The molecule has 102 valence electrons. The predicted octanol–water partition coefficient (Wildman–Crippen LogP) is 3.88. The van der Waals surface area contributed by atoms with Crippen molar-refractivity contribution in [1.29, 1.82) is 5.26 Å². The standard InChI is InChI=1S/C16H14ClNO2/c1-19-15-8-4-7-12(9-17)16(15)20-11-14-6-3-2-5-13(14)10-18/h2-8H,9,11H2,1H3. The van der Waals surface area contributed by atoms with E-state index >= 15 is 0 Å². The van der Waals surface area contributed by atoms with Crippen LogP contribution in [0, 0.1) is 11.3 Å². The van der Waals surface area contributed by atoms with E-state index in [4.69, 9.17) is 26.3 Å². The zero-order chi connectivity index (χ0) is 14.4. The Morgan fingerprint density at radius 2 is 1.85 bits per heavy atom. The van der Waals surface area contributed by atoms with Gasteiger partial charge in [0, 0.05) is 11.1 Å². The van der Waals surface area contributed by atoms with Crippen molar-refractivity contribution < 1.29 is 9.47 Å². The molecule has 2 rings (SSSR count). The maximum absolute atomic E-state index is 9.07. The molecular formula is C16H14ClNO2. The van der Waals surface area contributed by atoms with Crippen molar-refractivity contribution in [2.24, 2.45) is 0 Å². The molecule has 0 fully saturated rings. The molecule has 20 heavy (non-hydrogen) atoms. The maximum Gasteiger partial charge on any atom is 0.166 e. The number of hydrogen-bond acceptors (Lipinski definition) is 3. The summed E-state index contributed by atoms with van der Waals surface area (Å²) in [5, 5.41) is 9.07. The number of nitrogens with zero attached hydrogens (tertiary/aromatic N) is 1. The van der Waals surface area contributed by atoms with E-state index in [2.05, 4.69) is 6.07 Å². The van der Waals surface area contributed by atoms with Gasteiger partial charge in [0.25, 0.3) is 0 Å². The largest absolute Gasteiger partial charge is 0.493 e. The van der Waals surface area contributed by atoms with Crippen molar-refractivity contribution in [3.63, 3.8) is 0 Å². The second-order valence-corrected chi connectivity index (χ2v) is 4.41. The summed E-state index contributed by atoms with van der Waals surface area (Å²) in [6, 6.07) is 15.1. The Kier molecular flexibility index (Phi) is 4.86. The lowest BCUT2D eigenvalue weighted by Crippen LogP contribution is -2.02. The van der Waals surface area contributed by atoms with E-state index in [9.17, 15) is 0 Å².